The van der Waals surface area contributed by atoms with Crippen molar-refractivity contribution in [1.29, 1.82) is 0 Å². The number of aromatic nitrogens is 1. The zero-order chi connectivity index (χ0) is 18.5. The summed E-state index contributed by atoms with van der Waals surface area (Å²) >= 11 is 0. The summed E-state index contributed by atoms with van der Waals surface area (Å²) in [7, 11) is 0. The number of hydrogen-bond acceptors (Lipinski definition) is 4. The van der Waals surface area contributed by atoms with Gasteiger partial charge in [-0.1, -0.05) is 0 Å². The molecule has 3 aliphatic rings. The predicted octanol–water partition coefficient (Wildman–Crippen LogP) is 1.75. The minimum absolute atomic E-state index is 0.167. The predicted molar refractivity (Wildman–Crippen MR) is 86.0 cm³/mol. The van der Waals surface area contributed by atoms with Crippen LogP contribution in [0.4, 0.5) is 23.4 Å². The average Bonchev–Trinajstić information content (AvgIpc) is 3.21. The Balaban J connectivity index is 1.35. The quantitative estimate of drug-likeness (QED) is 0.758. The van der Waals surface area contributed by atoms with Crippen LogP contribution in [0, 0.1) is 17.7 Å². The Morgan fingerprint density at radius 3 is 2.38 bits per heavy atom. The van der Waals surface area contributed by atoms with E-state index >= 15 is 0 Å². The summed E-state index contributed by atoms with van der Waals surface area (Å²) in [6.07, 6.45) is -2.70. The molecule has 0 aromatic carbocycles. The number of carbonyl (C=O) groups excluding carboxylic acids is 1. The van der Waals surface area contributed by atoms with Crippen LogP contribution in [-0.4, -0.2) is 72.2 Å². The van der Waals surface area contributed by atoms with Crippen molar-refractivity contribution in [3.8, 4) is 0 Å². The summed E-state index contributed by atoms with van der Waals surface area (Å²) in [6.45, 7) is 1.96. The third-order valence-corrected chi connectivity index (χ3v) is 5.63. The van der Waals surface area contributed by atoms with E-state index in [0.29, 0.717) is 31.3 Å². The minimum Gasteiger partial charge on any atom is -0.356 e. The van der Waals surface area contributed by atoms with Gasteiger partial charge in [-0.15, -0.1) is 0 Å². The zero-order valence-electron chi connectivity index (χ0n) is 14.1. The molecular weight excluding hydrogens is 352 g/mol. The number of nitrogens with zero attached hydrogens (tertiary/aromatic N) is 4. The van der Waals surface area contributed by atoms with Crippen LogP contribution in [0.1, 0.15) is 6.42 Å². The Kier molecular flexibility index (Phi) is 4.29. The SMILES string of the molecule is O=C1C(N2CC3CN(c4ccc(F)cn4)CC3C2)CCN1CC(F)(F)F. The van der Waals surface area contributed by atoms with E-state index in [2.05, 4.69) is 9.88 Å². The highest BCUT2D eigenvalue weighted by atomic mass is 19.4. The molecule has 1 aromatic rings. The molecule has 0 N–H and O–H groups in total. The number of amides is 1. The number of carbonyl (C=O) groups is 1. The summed E-state index contributed by atoms with van der Waals surface area (Å²) in [6, 6.07) is 2.61. The van der Waals surface area contributed by atoms with E-state index < -0.39 is 24.7 Å². The lowest BCUT2D eigenvalue weighted by Gasteiger charge is -2.26. The van der Waals surface area contributed by atoms with E-state index in [1.165, 1.54) is 12.3 Å². The molecule has 1 amide bonds. The molecule has 3 aliphatic heterocycles. The lowest BCUT2D eigenvalue weighted by atomic mass is 10.0. The summed E-state index contributed by atoms with van der Waals surface area (Å²) in [5.41, 5.74) is 0. The van der Waals surface area contributed by atoms with E-state index in [4.69, 9.17) is 0 Å². The van der Waals surface area contributed by atoms with Crippen LogP contribution in [-0.2, 0) is 4.79 Å². The van der Waals surface area contributed by atoms with Crippen LogP contribution in [0.2, 0.25) is 0 Å². The van der Waals surface area contributed by atoms with Crippen molar-refractivity contribution >= 4 is 11.7 Å². The Bertz CT molecular complexity index is 666. The smallest absolute Gasteiger partial charge is 0.356 e. The van der Waals surface area contributed by atoms with Gasteiger partial charge in [0.15, 0.2) is 0 Å². The lowest BCUT2D eigenvalue weighted by molar-refractivity contribution is -0.159. The summed E-state index contributed by atoms with van der Waals surface area (Å²) in [5.74, 6) is 0.667. The summed E-state index contributed by atoms with van der Waals surface area (Å²) in [4.78, 5) is 21.5. The topological polar surface area (TPSA) is 39.7 Å². The van der Waals surface area contributed by atoms with Gasteiger partial charge < -0.3 is 9.80 Å². The highest BCUT2D eigenvalue weighted by molar-refractivity contribution is 5.84. The first kappa shape index (κ1) is 17.5. The molecule has 0 spiro atoms. The normalized spacial score (nSPS) is 29.7. The molecular formula is C17H20F4N4O. The van der Waals surface area contributed by atoms with Gasteiger partial charge in [0, 0.05) is 32.7 Å². The Hall–Kier alpha value is -1.90. The van der Waals surface area contributed by atoms with Crippen molar-refractivity contribution < 1.29 is 22.4 Å². The molecule has 0 saturated carbocycles. The fraction of sp³-hybridized carbons (Fsp3) is 0.647. The first-order valence-electron chi connectivity index (χ1n) is 8.76. The van der Waals surface area contributed by atoms with Crippen molar-refractivity contribution in [3.05, 3.63) is 24.1 Å². The molecule has 142 valence electrons. The number of likely N-dealkylation sites (tertiary alicyclic amines) is 2. The van der Waals surface area contributed by atoms with Crippen LogP contribution in [0.15, 0.2) is 18.3 Å². The molecule has 3 unspecified atom stereocenters. The number of rotatable bonds is 3. The van der Waals surface area contributed by atoms with Gasteiger partial charge in [0.2, 0.25) is 5.91 Å². The van der Waals surface area contributed by atoms with Gasteiger partial charge >= 0.3 is 6.18 Å². The third kappa shape index (κ3) is 3.36. The number of fused-ring (bicyclic) bond motifs is 1. The van der Waals surface area contributed by atoms with Gasteiger partial charge in [-0.25, -0.2) is 9.37 Å². The van der Waals surface area contributed by atoms with Crippen molar-refractivity contribution in [1.82, 2.24) is 14.8 Å². The molecule has 5 nitrogen and oxygen atoms in total. The van der Waals surface area contributed by atoms with Crippen LogP contribution < -0.4 is 4.90 Å². The molecule has 26 heavy (non-hydrogen) atoms. The standard InChI is InChI=1S/C17H20F4N4O/c18-13-1-2-15(22-5-13)25-8-11-6-24(7-12(11)9-25)14-3-4-23(16(14)26)10-17(19,20)21/h1-2,5,11-12,14H,3-4,6-10H2. The van der Waals surface area contributed by atoms with Gasteiger partial charge in [-0.2, -0.15) is 13.2 Å². The lowest BCUT2D eigenvalue weighted by Crippen LogP contribution is -2.44. The van der Waals surface area contributed by atoms with Gasteiger partial charge in [-0.05, 0) is 30.4 Å². The van der Waals surface area contributed by atoms with Crippen LogP contribution in [0.5, 0.6) is 0 Å². The van der Waals surface area contributed by atoms with E-state index in [-0.39, 0.29) is 12.4 Å². The number of pyridine rings is 1. The van der Waals surface area contributed by atoms with E-state index in [1.54, 1.807) is 6.07 Å². The monoisotopic (exact) mass is 372 g/mol. The van der Waals surface area contributed by atoms with E-state index in [0.717, 1.165) is 23.8 Å². The molecule has 4 rings (SSSR count). The van der Waals surface area contributed by atoms with Crippen molar-refractivity contribution in [2.75, 3.05) is 44.2 Å². The minimum atomic E-state index is -4.35. The second-order valence-corrected chi connectivity index (χ2v) is 7.39. The number of anilines is 1. The fourth-order valence-corrected chi connectivity index (χ4v) is 4.46. The molecule has 1 aromatic heterocycles. The van der Waals surface area contributed by atoms with Gasteiger partial charge in [0.05, 0.1) is 12.2 Å². The van der Waals surface area contributed by atoms with Crippen molar-refractivity contribution in [2.45, 2.75) is 18.6 Å². The Morgan fingerprint density at radius 1 is 1.12 bits per heavy atom. The maximum atomic E-state index is 13.0. The van der Waals surface area contributed by atoms with Gasteiger partial charge in [0.1, 0.15) is 18.2 Å². The first-order valence-corrected chi connectivity index (χ1v) is 8.76. The highest BCUT2D eigenvalue weighted by Crippen LogP contribution is 2.36. The molecule has 9 heteroatoms. The zero-order valence-corrected chi connectivity index (χ0v) is 14.1. The second-order valence-electron chi connectivity index (χ2n) is 7.39. The highest BCUT2D eigenvalue weighted by Gasteiger charge is 2.47. The van der Waals surface area contributed by atoms with Crippen LogP contribution in [0.3, 0.4) is 0 Å². The molecule has 3 fully saturated rings. The number of hydrogen-bond donors (Lipinski definition) is 0. The van der Waals surface area contributed by atoms with Crippen molar-refractivity contribution in [3.63, 3.8) is 0 Å². The maximum absolute atomic E-state index is 13.0. The first-order chi connectivity index (χ1) is 12.3. The third-order valence-electron chi connectivity index (χ3n) is 5.63. The van der Waals surface area contributed by atoms with Gasteiger partial charge in [0.25, 0.3) is 0 Å². The van der Waals surface area contributed by atoms with E-state index in [1.807, 2.05) is 4.90 Å². The fourth-order valence-electron chi connectivity index (χ4n) is 4.46. The summed E-state index contributed by atoms with van der Waals surface area (Å²) in [5, 5.41) is 0. The van der Waals surface area contributed by atoms with E-state index in [9.17, 15) is 22.4 Å². The molecule has 0 radical (unpaired) electrons. The average molecular weight is 372 g/mol. The number of halogens is 4. The molecule has 4 heterocycles. The number of alkyl halides is 3. The summed E-state index contributed by atoms with van der Waals surface area (Å²) < 4.78 is 50.7. The molecule has 3 atom stereocenters. The van der Waals surface area contributed by atoms with Crippen LogP contribution >= 0.6 is 0 Å². The van der Waals surface area contributed by atoms with Crippen molar-refractivity contribution in [2.24, 2.45) is 11.8 Å². The van der Waals surface area contributed by atoms with Gasteiger partial charge in [-0.3, -0.25) is 9.69 Å². The molecule has 0 aliphatic carbocycles. The Labute approximate surface area is 148 Å². The van der Waals surface area contributed by atoms with Crippen LogP contribution in [0.25, 0.3) is 0 Å². The Morgan fingerprint density at radius 2 is 1.81 bits per heavy atom. The maximum Gasteiger partial charge on any atom is 0.406 e. The molecule has 3 saturated heterocycles. The molecule has 0 bridgehead atoms. The largest absolute Gasteiger partial charge is 0.406 e. The second kappa shape index (κ2) is 6.37.